The van der Waals surface area contributed by atoms with E-state index in [0.717, 1.165) is 0 Å². The van der Waals surface area contributed by atoms with Crippen molar-refractivity contribution in [2.75, 3.05) is 11.4 Å². The Morgan fingerprint density at radius 1 is 1.12 bits per heavy atom. The maximum Gasteiger partial charge on any atom is 0.0515 e. The van der Waals surface area contributed by atoms with Gasteiger partial charge in [0.25, 0.3) is 0 Å². The Kier molecular flexibility index (Phi) is 3.05. The van der Waals surface area contributed by atoms with E-state index in [9.17, 15) is 0 Å². The second kappa shape index (κ2) is 4.01. The molecule has 0 radical (unpaired) electrons. The van der Waals surface area contributed by atoms with Crippen molar-refractivity contribution in [1.82, 2.24) is 0 Å². The molecule has 0 bridgehead atoms. The molecule has 1 nitrogen and oxygen atoms in total. The number of hydrogen-bond donors (Lipinski definition) is 0. The van der Waals surface area contributed by atoms with Crippen molar-refractivity contribution < 1.29 is 0 Å². The van der Waals surface area contributed by atoms with E-state index in [-0.39, 0.29) is 11.0 Å². The average molecular weight is 251 g/mol. The number of anilines is 1. The first-order valence-electron chi connectivity index (χ1n) is 6.60. The molecule has 2 heterocycles. The lowest BCUT2D eigenvalue weighted by atomic mass is 9.93. The topological polar surface area (TPSA) is 3.24 Å². The lowest BCUT2D eigenvalue weighted by Crippen LogP contribution is -2.44. The van der Waals surface area contributed by atoms with Crippen molar-refractivity contribution in [2.24, 2.45) is 0 Å². The predicted molar refractivity (Wildman–Crippen MR) is 78.4 cm³/mol. The van der Waals surface area contributed by atoms with E-state index in [1.54, 1.807) is 4.88 Å². The van der Waals surface area contributed by atoms with E-state index in [1.165, 1.54) is 30.0 Å². The zero-order valence-electron chi connectivity index (χ0n) is 12.1. The summed E-state index contributed by atoms with van der Waals surface area (Å²) < 4.78 is 0. The molecule has 1 aromatic heterocycles. The maximum absolute atomic E-state index is 2.58. The molecule has 0 aliphatic carbocycles. The van der Waals surface area contributed by atoms with Gasteiger partial charge in [-0.05, 0) is 45.1 Å². The molecule has 0 atom stereocenters. The van der Waals surface area contributed by atoms with Gasteiger partial charge in [0, 0.05) is 21.8 Å². The largest absolute Gasteiger partial charge is 0.366 e. The molecule has 0 saturated heterocycles. The van der Waals surface area contributed by atoms with Gasteiger partial charge in [0.1, 0.15) is 0 Å². The third kappa shape index (κ3) is 2.52. The van der Waals surface area contributed by atoms with Gasteiger partial charge < -0.3 is 4.90 Å². The molecule has 17 heavy (non-hydrogen) atoms. The van der Waals surface area contributed by atoms with Crippen molar-refractivity contribution in [3.05, 3.63) is 15.8 Å². The monoisotopic (exact) mass is 251 g/mol. The summed E-state index contributed by atoms with van der Waals surface area (Å²) in [5, 5.41) is 0. The quantitative estimate of drug-likeness (QED) is 0.651. The van der Waals surface area contributed by atoms with Gasteiger partial charge in [-0.25, -0.2) is 0 Å². The molecule has 1 aliphatic rings. The molecular weight excluding hydrogens is 226 g/mol. The number of hydrogen-bond acceptors (Lipinski definition) is 2. The number of fused-ring (bicyclic) bond motifs is 1. The van der Waals surface area contributed by atoms with Crippen LogP contribution in [0.4, 0.5) is 5.69 Å². The molecule has 0 spiro atoms. The summed E-state index contributed by atoms with van der Waals surface area (Å²) in [5.41, 5.74) is 2.02. The molecule has 0 saturated carbocycles. The molecule has 0 aromatic carbocycles. The molecule has 0 amide bonds. The Balaban J connectivity index is 2.42. The van der Waals surface area contributed by atoms with Crippen LogP contribution in [0.2, 0.25) is 0 Å². The van der Waals surface area contributed by atoms with Crippen LogP contribution in [0.3, 0.4) is 0 Å². The number of nitrogens with zero attached hydrogens (tertiary/aromatic N) is 1. The molecule has 0 N–H and O–H groups in total. The van der Waals surface area contributed by atoms with Crippen molar-refractivity contribution >= 4 is 17.0 Å². The van der Waals surface area contributed by atoms with E-state index in [4.69, 9.17) is 0 Å². The first-order valence-corrected chi connectivity index (χ1v) is 7.42. The fraction of sp³-hybridized carbons (Fsp3) is 0.733. The molecule has 1 aromatic rings. The van der Waals surface area contributed by atoms with Crippen LogP contribution in [0.25, 0.3) is 0 Å². The Hall–Kier alpha value is -0.500. The number of rotatable bonds is 0. The van der Waals surface area contributed by atoms with Gasteiger partial charge in [-0.3, -0.25) is 0 Å². The Bertz CT molecular complexity index is 404. The van der Waals surface area contributed by atoms with Crippen LogP contribution in [-0.2, 0) is 11.8 Å². The SMILES string of the molecule is CC(C)(C)c1cc2c(s1)CCCN2C(C)(C)C. The summed E-state index contributed by atoms with van der Waals surface area (Å²) in [5.74, 6) is 0. The highest BCUT2D eigenvalue weighted by atomic mass is 32.1. The van der Waals surface area contributed by atoms with Gasteiger partial charge in [0.15, 0.2) is 0 Å². The van der Waals surface area contributed by atoms with E-state index in [0.29, 0.717) is 0 Å². The minimum atomic E-state index is 0.241. The van der Waals surface area contributed by atoms with Crippen molar-refractivity contribution in [1.29, 1.82) is 0 Å². The second-order valence-corrected chi connectivity index (χ2v) is 8.23. The average Bonchev–Trinajstić information content (AvgIpc) is 2.57. The smallest absolute Gasteiger partial charge is 0.0515 e. The first kappa shape index (κ1) is 12.9. The van der Waals surface area contributed by atoms with Crippen molar-refractivity contribution in [3.8, 4) is 0 Å². The second-order valence-electron chi connectivity index (χ2n) is 7.10. The summed E-state index contributed by atoms with van der Waals surface area (Å²) in [6.45, 7) is 15.1. The van der Waals surface area contributed by atoms with Gasteiger partial charge in [-0.1, -0.05) is 20.8 Å². The summed E-state index contributed by atoms with van der Waals surface area (Å²) >= 11 is 2.02. The highest BCUT2D eigenvalue weighted by Gasteiger charge is 2.30. The predicted octanol–water partition coefficient (Wildman–Crippen LogP) is 4.60. The van der Waals surface area contributed by atoms with Gasteiger partial charge in [-0.15, -0.1) is 11.3 Å². The summed E-state index contributed by atoms with van der Waals surface area (Å²) in [7, 11) is 0. The lowest BCUT2D eigenvalue weighted by Gasteiger charge is -2.40. The fourth-order valence-corrected chi connectivity index (χ4v) is 3.67. The summed E-state index contributed by atoms with van der Waals surface area (Å²) in [6, 6.07) is 2.43. The molecule has 0 fully saturated rings. The van der Waals surface area contributed by atoms with Crippen LogP contribution >= 0.6 is 11.3 Å². The molecule has 1 aliphatic heterocycles. The zero-order valence-corrected chi connectivity index (χ0v) is 12.9. The van der Waals surface area contributed by atoms with Crippen molar-refractivity contribution in [3.63, 3.8) is 0 Å². The van der Waals surface area contributed by atoms with E-state index in [1.807, 2.05) is 11.3 Å². The van der Waals surface area contributed by atoms with Gasteiger partial charge in [-0.2, -0.15) is 0 Å². The molecule has 2 heteroatoms. The molecule has 2 rings (SSSR count). The van der Waals surface area contributed by atoms with E-state index < -0.39 is 0 Å². The summed E-state index contributed by atoms with van der Waals surface area (Å²) in [4.78, 5) is 5.70. The van der Waals surface area contributed by atoms with E-state index in [2.05, 4.69) is 52.5 Å². The minimum absolute atomic E-state index is 0.241. The highest BCUT2D eigenvalue weighted by molar-refractivity contribution is 7.12. The van der Waals surface area contributed by atoms with Gasteiger partial charge >= 0.3 is 0 Å². The number of aryl methyl sites for hydroxylation is 1. The standard InChI is InChI=1S/C15H25NS/c1-14(2,3)13-10-11-12(17-13)8-7-9-16(11)15(4,5)6/h10H,7-9H2,1-6H3. The van der Waals surface area contributed by atoms with Crippen LogP contribution in [0.5, 0.6) is 0 Å². The van der Waals surface area contributed by atoms with Crippen LogP contribution in [-0.4, -0.2) is 12.1 Å². The van der Waals surface area contributed by atoms with Gasteiger partial charge in [0.05, 0.1) is 5.69 Å². The zero-order chi connectivity index (χ0) is 12.8. The Morgan fingerprint density at radius 3 is 2.29 bits per heavy atom. The minimum Gasteiger partial charge on any atom is -0.366 e. The number of thiophene rings is 1. The normalized spacial score (nSPS) is 17.2. The van der Waals surface area contributed by atoms with E-state index >= 15 is 0 Å². The Labute approximate surface area is 110 Å². The third-order valence-corrected chi connectivity index (χ3v) is 5.02. The highest BCUT2D eigenvalue weighted by Crippen LogP contribution is 2.42. The van der Waals surface area contributed by atoms with Gasteiger partial charge in [0.2, 0.25) is 0 Å². The van der Waals surface area contributed by atoms with Crippen LogP contribution in [0.1, 0.15) is 57.7 Å². The molecule has 96 valence electrons. The lowest BCUT2D eigenvalue weighted by molar-refractivity contribution is 0.485. The first-order chi connectivity index (χ1) is 7.69. The van der Waals surface area contributed by atoms with Crippen LogP contribution < -0.4 is 4.90 Å². The van der Waals surface area contributed by atoms with Crippen LogP contribution in [0, 0.1) is 0 Å². The third-order valence-electron chi connectivity index (χ3n) is 3.41. The summed E-state index contributed by atoms with van der Waals surface area (Å²) in [6.07, 6.45) is 2.57. The molecule has 0 unspecified atom stereocenters. The fourth-order valence-electron chi connectivity index (χ4n) is 2.41. The van der Waals surface area contributed by atoms with Crippen LogP contribution in [0.15, 0.2) is 6.07 Å². The maximum atomic E-state index is 2.58. The van der Waals surface area contributed by atoms with Crippen molar-refractivity contribution in [2.45, 2.75) is 65.3 Å². The Morgan fingerprint density at radius 2 is 1.76 bits per heavy atom. The molecular formula is C15H25NS.